The first-order chi connectivity index (χ1) is 9.86. The summed E-state index contributed by atoms with van der Waals surface area (Å²) in [4.78, 5) is 0. The fraction of sp³-hybridized carbons (Fsp3) is 0.333. The van der Waals surface area contributed by atoms with E-state index in [1.807, 2.05) is 0 Å². The van der Waals surface area contributed by atoms with Crippen molar-refractivity contribution in [2.45, 2.75) is 18.6 Å². The lowest BCUT2D eigenvalue weighted by Crippen LogP contribution is -2.20. The molecule has 0 spiro atoms. The van der Waals surface area contributed by atoms with E-state index in [1.54, 1.807) is 19.1 Å². The van der Waals surface area contributed by atoms with Crippen LogP contribution in [0.1, 0.15) is 5.56 Å². The van der Waals surface area contributed by atoms with Gasteiger partial charge in [0.2, 0.25) is 0 Å². The fourth-order valence-corrected chi connectivity index (χ4v) is 2.54. The number of ether oxygens (including phenoxy) is 1. The fourth-order valence-electron chi connectivity index (χ4n) is 1.90. The largest absolute Gasteiger partial charge is 0.383 e. The van der Waals surface area contributed by atoms with E-state index < -0.39 is 21.0 Å². The summed E-state index contributed by atoms with van der Waals surface area (Å²) in [6, 6.07) is 4.76. The van der Waals surface area contributed by atoms with Crippen LogP contribution >= 0.6 is 0 Å². The first-order valence-corrected chi connectivity index (χ1v) is 7.61. The number of benzene rings is 1. The van der Waals surface area contributed by atoms with Gasteiger partial charge in [-0.1, -0.05) is 12.1 Å². The predicted molar refractivity (Wildman–Crippen MR) is 73.4 cm³/mol. The van der Waals surface area contributed by atoms with E-state index in [2.05, 4.69) is 10.2 Å². The highest BCUT2D eigenvalue weighted by Crippen LogP contribution is 2.24. The van der Waals surface area contributed by atoms with Crippen molar-refractivity contribution in [1.29, 1.82) is 0 Å². The molecular formula is C12H15FN4O3S. The predicted octanol–water partition coefficient (Wildman–Crippen LogP) is 0.686. The van der Waals surface area contributed by atoms with Gasteiger partial charge in [0.25, 0.3) is 15.2 Å². The van der Waals surface area contributed by atoms with Crippen LogP contribution in [0, 0.1) is 12.7 Å². The lowest BCUT2D eigenvalue weighted by atomic mass is 10.1. The molecule has 0 radical (unpaired) electrons. The van der Waals surface area contributed by atoms with Crippen LogP contribution in [0.2, 0.25) is 0 Å². The molecule has 7 nitrogen and oxygen atoms in total. The molecule has 21 heavy (non-hydrogen) atoms. The van der Waals surface area contributed by atoms with Crippen molar-refractivity contribution in [3.8, 4) is 11.4 Å². The van der Waals surface area contributed by atoms with Gasteiger partial charge in [0.1, 0.15) is 5.82 Å². The first kappa shape index (κ1) is 15.5. The zero-order valence-corrected chi connectivity index (χ0v) is 12.4. The summed E-state index contributed by atoms with van der Waals surface area (Å²) in [5, 5.41) is 12.0. The quantitative estimate of drug-likeness (QED) is 0.875. The lowest BCUT2D eigenvalue weighted by Gasteiger charge is -2.10. The first-order valence-electron chi connectivity index (χ1n) is 6.06. The lowest BCUT2D eigenvalue weighted by molar-refractivity contribution is 0.185. The molecule has 0 saturated carbocycles. The van der Waals surface area contributed by atoms with E-state index >= 15 is 0 Å². The Kier molecular flexibility index (Phi) is 4.35. The molecule has 0 aliphatic rings. The van der Waals surface area contributed by atoms with Gasteiger partial charge in [-0.15, -0.1) is 10.2 Å². The van der Waals surface area contributed by atoms with Crippen molar-refractivity contribution < 1.29 is 17.5 Å². The van der Waals surface area contributed by atoms with Crippen LogP contribution < -0.4 is 5.14 Å². The number of rotatable bonds is 5. The number of aromatic nitrogens is 3. The van der Waals surface area contributed by atoms with Gasteiger partial charge in [0.15, 0.2) is 5.82 Å². The molecule has 1 heterocycles. The van der Waals surface area contributed by atoms with Crippen LogP contribution in [0.3, 0.4) is 0 Å². The Morgan fingerprint density at radius 3 is 2.71 bits per heavy atom. The third-order valence-electron chi connectivity index (χ3n) is 2.92. The van der Waals surface area contributed by atoms with Crippen LogP contribution in [0.4, 0.5) is 4.39 Å². The van der Waals surface area contributed by atoms with Gasteiger partial charge in [-0.3, -0.25) is 4.57 Å². The summed E-state index contributed by atoms with van der Waals surface area (Å²) < 4.78 is 43.4. The van der Waals surface area contributed by atoms with Gasteiger partial charge in [-0.2, -0.15) is 0 Å². The topological polar surface area (TPSA) is 100 Å². The minimum absolute atomic E-state index is 0.0947. The highest BCUT2D eigenvalue weighted by molar-refractivity contribution is 7.89. The van der Waals surface area contributed by atoms with Gasteiger partial charge in [-0.05, 0) is 18.6 Å². The van der Waals surface area contributed by atoms with Crippen molar-refractivity contribution >= 4 is 10.0 Å². The summed E-state index contributed by atoms with van der Waals surface area (Å²) in [6.07, 6.45) is 0. The van der Waals surface area contributed by atoms with Crippen LogP contribution in [0.25, 0.3) is 11.4 Å². The number of aryl methyl sites for hydroxylation is 1. The third kappa shape index (κ3) is 3.09. The SMILES string of the molecule is COCCn1c(-c2cccc(C)c2F)nnc1S(N)(=O)=O. The molecule has 1 aromatic carbocycles. The van der Waals surface area contributed by atoms with E-state index in [4.69, 9.17) is 9.88 Å². The molecule has 0 atom stereocenters. The van der Waals surface area contributed by atoms with Gasteiger partial charge < -0.3 is 4.74 Å². The van der Waals surface area contributed by atoms with E-state index in [0.29, 0.717) is 5.56 Å². The molecule has 114 valence electrons. The summed E-state index contributed by atoms with van der Waals surface area (Å²) in [6.45, 7) is 1.95. The van der Waals surface area contributed by atoms with Gasteiger partial charge >= 0.3 is 0 Å². The minimum Gasteiger partial charge on any atom is -0.383 e. The maximum atomic E-state index is 14.2. The Balaban J connectivity index is 2.64. The Bertz CT molecular complexity index is 758. The zero-order chi connectivity index (χ0) is 15.6. The molecule has 0 aliphatic heterocycles. The average molecular weight is 314 g/mol. The molecule has 0 aliphatic carbocycles. The van der Waals surface area contributed by atoms with E-state index in [0.717, 1.165) is 0 Å². The molecule has 0 amide bonds. The van der Waals surface area contributed by atoms with E-state index in [1.165, 1.54) is 17.7 Å². The normalized spacial score (nSPS) is 11.8. The number of primary sulfonamides is 1. The summed E-state index contributed by atoms with van der Waals surface area (Å²) in [5.41, 5.74) is 0.583. The molecule has 0 unspecified atom stereocenters. The molecule has 2 aromatic rings. The monoisotopic (exact) mass is 314 g/mol. The van der Waals surface area contributed by atoms with Crippen LogP contribution in [0.15, 0.2) is 23.4 Å². The number of sulfonamides is 1. The molecule has 0 bridgehead atoms. The third-order valence-corrected chi connectivity index (χ3v) is 3.73. The van der Waals surface area contributed by atoms with Crippen LogP contribution in [-0.2, 0) is 21.3 Å². The number of nitrogens with zero attached hydrogens (tertiary/aromatic N) is 3. The molecule has 2 N–H and O–H groups in total. The average Bonchev–Trinajstić information content (AvgIpc) is 2.83. The smallest absolute Gasteiger partial charge is 0.273 e. The molecule has 2 rings (SSSR count). The number of nitrogens with two attached hydrogens (primary N) is 1. The van der Waals surface area contributed by atoms with Crippen molar-refractivity contribution in [3.63, 3.8) is 0 Å². The number of halogens is 1. The van der Waals surface area contributed by atoms with E-state index in [9.17, 15) is 12.8 Å². The Hall–Kier alpha value is -1.84. The van der Waals surface area contributed by atoms with Crippen LogP contribution in [-0.4, -0.2) is 36.9 Å². The maximum Gasteiger partial charge on any atom is 0.273 e. The Labute approximate surface area is 121 Å². The van der Waals surface area contributed by atoms with E-state index in [-0.39, 0.29) is 24.5 Å². The van der Waals surface area contributed by atoms with Gasteiger partial charge in [0, 0.05) is 7.11 Å². The summed E-state index contributed by atoms with van der Waals surface area (Å²) in [7, 11) is -2.60. The van der Waals surface area contributed by atoms with Crippen molar-refractivity contribution in [2.24, 2.45) is 5.14 Å². The minimum atomic E-state index is -4.06. The summed E-state index contributed by atoms with van der Waals surface area (Å²) in [5.74, 6) is -0.387. The Morgan fingerprint density at radius 2 is 2.10 bits per heavy atom. The highest BCUT2D eigenvalue weighted by Gasteiger charge is 2.23. The Morgan fingerprint density at radius 1 is 1.38 bits per heavy atom. The van der Waals surface area contributed by atoms with Crippen molar-refractivity contribution in [2.75, 3.05) is 13.7 Å². The molecule has 9 heteroatoms. The summed E-state index contributed by atoms with van der Waals surface area (Å²) >= 11 is 0. The van der Waals surface area contributed by atoms with Gasteiger partial charge in [-0.25, -0.2) is 17.9 Å². The molecule has 0 saturated heterocycles. The van der Waals surface area contributed by atoms with Crippen LogP contribution in [0.5, 0.6) is 0 Å². The number of methoxy groups -OCH3 is 1. The molecule has 1 aromatic heterocycles. The van der Waals surface area contributed by atoms with Crippen molar-refractivity contribution in [3.05, 3.63) is 29.6 Å². The number of hydrogen-bond acceptors (Lipinski definition) is 5. The highest BCUT2D eigenvalue weighted by atomic mass is 32.2. The number of hydrogen-bond donors (Lipinski definition) is 1. The van der Waals surface area contributed by atoms with Gasteiger partial charge in [0.05, 0.1) is 18.7 Å². The maximum absolute atomic E-state index is 14.2. The van der Waals surface area contributed by atoms with Crippen molar-refractivity contribution in [1.82, 2.24) is 14.8 Å². The molecule has 0 fully saturated rings. The molecular weight excluding hydrogens is 299 g/mol. The second kappa shape index (κ2) is 5.88. The second-order valence-corrected chi connectivity index (χ2v) is 5.89. The second-order valence-electron chi connectivity index (χ2n) is 4.43. The zero-order valence-electron chi connectivity index (χ0n) is 11.6. The standard InChI is InChI=1S/C12H15FN4O3S/c1-8-4-3-5-9(10(8)13)11-15-16-12(21(14,18)19)17(11)6-7-20-2/h3-5H,6-7H2,1-2H3,(H2,14,18,19).